The number of aromatic nitrogens is 8. The minimum absolute atomic E-state index is 0.495. The quantitative estimate of drug-likeness (QED) is 0.0700. The van der Waals surface area contributed by atoms with Gasteiger partial charge in [-0.2, -0.15) is 5.26 Å². The van der Waals surface area contributed by atoms with Crippen LogP contribution in [0.5, 0.6) is 0 Å². The van der Waals surface area contributed by atoms with Crippen molar-refractivity contribution < 1.29 is 0 Å². The lowest BCUT2D eigenvalue weighted by molar-refractivity contribution is 0.769. The SMILES string of the molecule is N#Cc1cccc(-c2nc(-c3ccccc3)nc(-c3cccc(-n4c5ccccc5c5c6c(ccc54)C(c4ccccc4)(c4ccccc4)c4ccccc4-6)c3)n2)c1.c1ccc(-c2nc(-c3cccc(-n4c5ccccc5c5c6c(ccc54)C(c4ccccc4)(c4ccccc4)c4ccccc4-6)c3)nc(-c3cccc([Si](c4ccccc4)(c4ccccc4)c4ccccc4)c3)n2)cc1. The van der Waals surface area contributed by atoms with Crippen LogP contribution in [0.15, 0.2) is 491 Å². The Bertz CT molecular complexity index is 8260. The van der Waals surface area contributed by atoms with Crippen molar-refractivity contribution in [2.75, 3.05) is 0 Å². The van der Waals surface area contributed by atoms with Crippen molar-refractivity contribution in [2.45, 2.75) is 10.8 Å². The molecule has 0 saturated carbocycles. The molecule has 10 heteroatoms. The van der Waals surface area contributed by atoms with Gasteiger partial charge in [-0.1, -0.05) is 431 Å². The van der Waals surface area contributed by atoms with Gasteiger partial charge in [-0.15, -0.1) is 0 Å². The Balaban J connectivity index is 0.000000151. The average molecular weight is 1710 g/mol. The van der Waals surface area contributed by atoms with Gasteiger partial charge in [0.1, 0.15) is 0 Å². The van der Waals surface area contributed by atoms with Gasteiger partial charge < -0.3 is 9.13 Å². The summed E-state index contributed by atoms with van der Waals surface area (Å²) in [4.78, 5) is 31.0. The van der Waals surface area contributed by atoms with E-state index < -0.39 is 18.9 Å². The fourth-order valence-electron chi connectivity index (χ4n) is 21.5. The van der Waals surface area contributed by atoms with Crippen LogP contribution >= 0.6 is 0 Å². The Labute approximate surface area is 771 Å². The Kier molecular flexibility index (Phi) is 19.6. The fraction of sp³-hybridized carbons (Fsp3) is 0.0163. The first-order valence-corrected chi connectivity index (χ1v) is 47.1. The van der Waals surface area contributed by atoms with Crippen LogP contribution in [0.1, 0.15) is 50.1 Å². The number of benzene rings is 19. The molecule has 0 N–H and O–H groups in total. The molecule has 0 bridgehead atoms. The van der Waals surface area contributed by atoms with Gasteiger partial charge in [0.25, 0.3) is 0 Å². The standard InChI is InChI=1S/C70H48N4Si.C53H33N5/c1-7-25-49(26-8-1)67-71-68(73-69(72-67)51-28-24-40-58(48-51)75(55-34-13-4-14-35-55,56-36-15-5-16-37-56)57-38-17-6-18-39-57)50-27-23-33-54(47-50)74-63-44-22-20-42-60(63)66-64(74)46-45-62-65(66)59-41-19-21-43-61(59)70(62,52-29-9-2-10-30-52)53-31-11-3-12-32-53;54-34-35-16-14-19-37(32-35)51-55-50(36-17-4-1-5-18-36)56-52(57-51)38-20-15-25-41(33-38)58-46-29-13-11-27-43(46)49-47(58)31-30-45-48(49)42-26-10-12-28-44(42)53(45,39-21-6-2-7-22-39)40-23-8-3-9-24-40/h1-48H;1-33H. The molecule has 0 fully saturated rings. The second-order valence-corrected chi connectivity index (χ2v) is 37.9. The molecule has 0 radical (unpaired) electrons. The Morgan fingerprint density at radius 3 is 0.880 bits per heavy atom. The lowest BCUT2D eigenvalue weighted by atomic mass is 9.67. The van der Waals surface area contributed by atoms with Crippen LogP contribution in [-0.2, 0) is 10.8 Å². The van der Waals surface area contributed by atoms with Crippen LogP contribution in [0.2, 0.25) is 0 Å². The summed E-state index contributed by atoms with van der Waals surface area (Å²) in [6, 6.07) is 178. The molecule has 2 aliphatic carbocycles. The first-order chi connectivity index (χ1) is 65.9. The third kappa shape index (κ3) is 13.0. The highest BCUT2D eigenvalue weighted by Crippen LogP contribution is 2.61. The second kappa shape index (κ2) is 33.0. The van der Waals surface area contributed by atoms with E-state index in [1.165, 1.54) is 109 Å². The molecule has 0 atom stereocenters. The monoisotopic (exact) mass is 1710 g/mol. The Hall–Kier alpha value is -17.5. The summed E-state index contributed by atoms with van der Waals surface area (Å²) in [5.74, 6) is 3.48. The van der Waals surface area contributed by atoms with E-state index in [1.54, 1.807) is 6.07 Å². The van der Waals surface area contributed by atoms with E-state index >= 15 is 0 Å². The zero-order valence-electron chi connectivity index (χ0n) is 72.3. The van der Waals surface area contributed by atoms with Crippen LogP contribution in [0.3, 0.4) is 0 Å². The van der Waals surface area contributed by atoms with Gasteiger partial charge in [-0.05, 0) is 148 Å². The summed E-state index contributed by atoms with van der Waals surface area (Å²) in [5, 5.41) is 19.7. The van der Waals surface area contributed by atoms with Crippen molar-refractivity contribution in [1.29, 1.82) is 5.26 Å². The number of para-hydroxylation sites is 2. The minimum Gasteiger partial charge on any atom is -0.309 e. The largest absolute Gasteiger partial charge is 0.309 e. The van der Waals surface area contributed by atoms with Crippen molar-refractivity contribution in [2.24, 2.45) is 0 Å². The smallest absolute Gasteiger partial charge is 0.179 e. The maximum Gasteiger partial charge on any atom is 0.179 e. The lowest BCUT2D eigenvalue weighted by Gasteiger charge is -2.34. The van der Waals surface area contributed by atoms with Crippen molar-refractivity contribution in [3.8, 4) is 108 Å². The predicted molar refractivity (Wildman–Crippen MR) is 544 cm³/mol. The van der Waals surface area contributed by atoms with E-state index in [-0.39, 0.29) is 0 Å². The maximum atomic E-state index is 9.67. The van der Waals surface area contributed by atoms with Crippen LogP contribution < -0.4 is 20.7 Å². The van der Waals surface area contributed by atoms with Gasteiger partial charge in [-0.3, -0.25) is 0 Å². The fourth-order valence-corrected chi connectivity index (χ4v) is 26.3. The molecule has 4 aromatic heterocycles. The summed E-state index contributed by atoms with van der Waals surface area (Å²) >= 11 is 0. The van der Waals surface area contributed by atoms with Gasteiger partial charge in [0.2, 0.25) is 0 Å². The lowest BCUT2D eigenvalue weighted by Crippen LogP contribution is -2.74. The van der Waals surface area contributed by atoms with E-state index in [0.717, 1.165) is 66.8 Å². The third-order valence-electron chi connectivity index (χ3n) is 27.0. The molecule has 25 rings (SSSR count). The van der Waals surface area contributed by atoms with Crippen molar-refractivity contribution in [3.63, 3.8) is 0 Å². The average Bonchev–Trinajstić information content (AvgIpc) is 1.52. The van der Waals surface area contributed by atoms with Crippen LogP contribution in [0.4, 0.5) is 0 Å². The van der Waals surface area contributed by atoms with Gasteiger partial charge in [-0.25, -0.2) is 29.9 Å². The topological polar surface area (TPSA) is 111 Å². The first kappa shape index (κ1) is 78.9. The van der Waals surface area contributed by atoms with Gasteiger partial charge in [0.05, 0.1) is 44.5 Å². The molecule has 0 amide bonds. The van der Waals surface area contributed by atoms with Crippen LogP contribution in [0, 0.1) is 11.3 Å². The predicted octanol–water partition coefficient (Wildman–Crippen LogP) is 25.9. The molecular formula is C123H81N9Si. The van der Waals surface area contributed by atoms with E-state index in [2.05, 4.69) is 434 Å². The van der Waals surface area contributed by atoms with Crippen molar-refractivity contribution in [3.05, 3.63) is 541 Å². The van der Waals surface area contributed by atoms with E-state index in [0.29, 0.717) is 40.5 Å². The molecule has 0 unspecified atom stereocenters. The van der Waals surface area contributed by atoms with Crippen molar-refractivity contribution >= 4 is 72.4 Å². The number of fused-ring (bicyclic) bond motifs is 14. The molecule has 133 heavy (non-hydrogen) atoms. The minimum atomic E-state index is -2.85. The van der Waals surface area contributed by atoms with Gasteiger partial charge >= 0.3 is 0 Å². The first-order valence-electron chi connectivity index (χ1n) is 45.1. The molecule has 622 valence electrons. The molecule has 4 heterocycles. The van der Waals surface area contributed by atoms with Crippen LogP contribution in [0.25, 0.3) is 146 Å². The molecule has 0 saturated heterocycles. The zero-order valence-corrected chi connectivity index (χ0v) is 73.3. The number of hydrogen-bond donors (Lipinski definition) is 0. The van der Waals surface area contributed by atoms with Gasteiger partial charge in [0.15, 0.2) is 43.0 Å². The Morgan fingerprint density at radius 2 is 0.504 bits per heavy atom. The van der Waals surface area contributed by atoms with Gasteiger partial charge in [0, 0.05) is 66.3 Å². The normalized spacial score (nSPS) is 12.6. The van der Waals surface area contributed by atoms with E-state index in [1.807, 2.05) is 66.7 Å². The maximum absolute atomic E-state index is 9.67. The molecule has 0 spiro atoms. The number of nitriles is 1. The summed E-state index contributed by atoms with van der Waals surface area (Å²) < 4.78 is 4.80. The highest BCUT2D eigenvalue weighted by atomic mass is 28.3. The summed E-state index contributed by atoms with van der Waals surface area (Å²) in [7, 11) is -2.85. The molecular weight excluding hydrogens is 1630 g/mol. The second-order valence-electron chi connectivity index (χ2n) is 34.1. The number of nitrogens with zero attached hydrogens (tertiary/aromatic N) is 9. The molecule has 0 aliphatic heterocycles. The highest BCUT2D eigenvalue weighted by Gasteiger charge is 2.50. The Morgan fingerprint density at radius 1 is 0.218 bits per heavy atom. The molecule has 9 nitrogen and oxygen atoms in total. The van der Waals surface area contributed by atoms with Crippen LogP contribution in [-0.4, -0.2) is 47.1 Å². The highest BCUT2D eigenvalue weighted by molar-refractivity contribution is 7.20. The number of rotatable bonds is 16. The summed E-state index contributed by atoms with van der Waals surface area (Å²) in [5.41, 5.74) is 26.5. The third-order valence-corrected chi connectivity index (χ3v) is 31.8. The summed E-state index contributed by atoms with van der Waals surface area (Å²) in [6.07, 6.45) is 0. The zero-order chi connectivity index (χ0) is 88.4. The van der Waals surface area contributed by atoms with Crippen molar-refractivity contribution in [1.82, 2.24) is 39.0 Å². The molecule has 2 aliphatic rings. The molecule has 19 aromatic carbocycles. The van der Waals surface area contributed by atoms with E-state index in [9.17, 15) is 5.26 Å². The van der Waals surface area contributed by atoms with E-state index in [4.69, 9.17) is 29.9 Å². The number of hydrogen-bond acceptors (Lipinski definition) is 7. The summed E-state index contributed by atoms with van der Waals surface area (Å²) in [6.45, 7) is 0. The molecule has 23 aromatic rings.